The van der Waals surface area contributed by atoms with Gasteiger partial charge in [-0.15, -0.1) is 0 Å². The van der Waals surface area contributed by atoms with E-state index in [0.29, 0.717) is 17.9 Å². The molecule has 1 amide bonds. The first-order valence-electron chi connectivity index (χ1n) is 10.9. The maximum atomic E-state index is 12.7. The van der Waals surface area contributed by atoms with E-state index in [-0.39, 0.29) is 12.3 Å². The van der Waals surface area contributed by atoms with Crippen molar-refractivity contribution in [3.05, 3.63) is 36.0 Å². The molecular weight excluding hydrogens is 396 g/mol. The van der Waals surface area contributed by atoms with Crippen LogP contribution in [0.2, 0.25) is 0 Å². The fourth-order valence-corrected chi connectivity index (χ4v) is 4.16. The lowest BCUT2D eigenvalue weighted by molar-refractivity contribution is -0.145. The topological polar surface area (TPSA) is 86.6 Å². The zero-order chi connectivity index (χ0) is 22.6. The summed E-state index contributed by atoms with van der Waals surface area (Å²) in [5.41, 5.74) is 0.816. The number of esters is 1. The number of nitrogens with one attached hydrogen (secondary N) is 1. The van der Waals surface area contributed by atoms with Crippen molar-refractivity contribution >= 4 is 28.9 Å². The van der Waals surface area contributed by atoms with E-state index in [9.17, 15) is 14.4 Å². The van der Waals surface area contributed by atoms with Gasteiger partial charge in [0.05, 0.1) is 12.6 Å². The van der Waals surface area contributed by atoms with Crippen molar-refractivity contribution < 1.29 is 23.9 Å². The zero-order valence-electron chi connectivity index (χ0n) is 18.8. The number of para-hydroxylation sites is 1. The standard InChI is InChI=1S/C24H32N2O5/c1-24(2,3)31-23(29)26-15-17(18-11-7-8-12-20(18)26)14-19(22(28)30-4)25-21(27)13-16-9-5-6-10-16/h7-8,11-12,15-16,19H,5-6,9-10,13-14H2,1-4H3,(H,25,27)/t19-/m0/s1. The van der Waals surface area contributed by atoms with Crippen LogP contribution in [-0.4, -0.2) is 41.3 Å². The Labute approximate surface area is 183 Å². The van der Waals surface area contributed by atoms with Crippen LogP contribution in [0.15, 0.2) is 30.5 Å². The van der Waals surface area contributed by atoms with Crippen molar-refractivity contribution in [2.24, 2.45) is 5.92 Å². The summed E-state index contributed by atoms with van der Waals surface area (Å²) in [7, 11) is 1.31. The van der Waals surface area contributed by atoms with E-state index < -0.39 is 23.7 Å². The van der Waals surface area contributed by atoms with Gasteiger partial charge in [-0.05, 0) is 51.2 Å². The highest BCUT2D eigenvalue weighted by Crippen LogP contribution is 2.28. The molecule has 1 heterocycles. The highest BCUT2D eigenvalue weighted by molar-refractivity contribution is 5.93. The highest BCUT2D eigenvalue weighted by atomic mass is 16.6. The molecule has 1 aliphatic carbocycles. The second-order valence-electron chi connectivity index (χ2n) is 9.22. The maximum absolute atomic E-state index is 12.7. The number of ether oxygens (including phenoxy) is 2. The van der Waals surface area contributed by atoms with Gasteiger partial charge in [-0.2, -0.15) is 0 Å². The van der Waals surface area contributed by atoms with Gasteiger partial charge >= 0.3 is 12.1 Å². The molecule has 3 rings (SSSR count). The van der Waals surface area contributed by atoms with Crippen LogP contribution in [0.3, 0.4) is 0 Å². The third-order valence-corrected chi connectivity index (χ3v) is 5.58. The van der Waals surface area contributed by atoms with Crippen molar-refractivity contribution in [3.8, 4) is 0 Å². The molecule has 2 aromatic rings. The predicted octanol–water partition coefficient (Wildman–Crippen LogP) is 4.21. The van der Waals surface area contributed by atoms with E-state index >= 15 is 0 Å². The van der Waals surface area contributed by atoms with Gasteiger partial charge in [0.25, 0.3) is 0 Å². The van der Waals surface area contributed by atoms with Gasteiger partial charge in [0.15, 0.2) is 0 Å². The molecule has 168 valence electrons. The molecule has 0 bridgehead atoms. The molecule has 1 N–H and O–H groups in total. The van der Waals surface area contributed by atoms with Gasteiger partial charge in [0, 0.05) is 24.4 Å². The molecule has 1 aliphatic rings. The van der Waals surface area contributed by atoms with Crippen molar-refractivity contribution in [1.29, 1.82) is 0 Å². The number of carbonyl (C=O) groups is 3. The number of rotatable bonds is 6. The lowest BCUT2D eigenvalue weighted by Gasteiger charge is -2.19. The molecule has 0 spiro atoms. The molecule has 1 fully saturated rings. The van der Waals surface area contributed by atoms with Crippen LogP contribution in [0.4, 0.5) is 4.79 Å². The molecule has 1 saturated carbocycles. The van der Waals surface area contributed by atoms with Gasteiger partial charge in [0.1, 0.15) is 11.6 Å². The van der Waals surface area contributed by atoms with E-state index in [1.54, 1.807) is 6.20 Å². The summed E-state index contributed by atoms with van der Waals surface area (Å²) in [5.74, 6) is -0.264. The van der Waals surface area contributed by atoms with E-state index in [1.807, 2.05) is 45.0 Å². The summed E-state index contributed by atoms with van der Waals surface area (Å²) in [6, 6.07) is 6.61. The summed E-state index contributed by atoms with van der Waals surface area (Å²) in [5, 5.41) is 3.67. The summed E-state index contributed by atoms with van der Waals surface area (Å²) in [4.78, 5) is 37.7. The predicted molar refractivity (Wildman–Crippen MR) is 118 cm³/mol. The number of aromatic nitrogens is 1. The van der Waals surface area contributed by atoms with Crippen LogP contribution in [0.25, 0.3) is 10.9 Å². The summed E-state index contributed by atoms with van der Waals surface area (Å²) in [6.45, 7) is 5.43. The van der Waals surface area contributed by atoms with Gasteiger partial charge in [-0.3, -0.25) is 9.36 Å². The molecule has 31 heavy (non-hydrogen) atoms. The van der Waals surface area contributed by atoms with E-state index in [1.165, 1.54) is 11.7 Å². The highest BCUT2D eigenvalue weighted by Gasteiger charge is 2.27. The Hall–Kier alpha value is -2.83. The molecule has 1 atom stereocenters. The summed E-state index contributed by atoms with van der Waals surface area (Å²) in [6.07, 6.45) is 6.25. The first-order chi connectivity index (χ1) is 14.7. The molecule has 1 aromatic heterocycles. The van der Waals surface area contributed by atoms with Crippen molar-refractivity contribution in [2.75, 3.05) is 7.11 Å². The van der Waals surface area contributed by atoms with Gasteiger partial charge in [-0.25, -0.2) is 9.59 Å². The minimum atomic E-state index is -0.822. The average Bonchev–Trinajstić information content (AvgIpc) is 3.33. The van der Waals surface area contributed by atoms with Crippen LogP contribution in [-0.2, 0) is 25.5 Å². The summed E-state index contributed by atoms with van der Waals surface area (Å²) >= 11 is 0. The molecule has 7 heteroatoms. The number of benzene rings is 1. The largest absolute Gasteiger partial charge is 0.467 e. The monoisotopic (exact) mass is 428 g/mol. The summed E-state index contributed by atoms with van der Waals surface area (Å²) < 4.78 is 11.9. The lowest BCUT2D eigenvalue weighted by Crippen LogP contribution is -2.43. The van der Waals surface area contributed by atoms with Crippen molar-refractivity contribution in [2.45, 2.75) is 70.9 Å². The number of methoxy groups -OCH3 is 1. The molecular formula is C24H32N2O5. The minimum absolute atomic E-state index is 0.141. The average molecular weight is 429 g/mol. The minimum Gasteiger partial charge on any atom is -0.467 e. The molecule has 0 saturated heterocycles. The first-order valence-corrected chi connectivity index (χ1v) is 10.9. The first kappa shape index (κ1) is 22.8. The third kappa shape index (κ3) is 5.87. The zero-order valence-corrected chi connectivity index (χ0v) is 18.8. The maximum Gasteiger partial charge on any atom is 0.419 e. The fraction of sp³-hybridized carbons (Fsp3) is 0.542. The van der Waals surface area contributed by atoms with Crippen LogP contribution in [0.5, 0.6) is 0 Å². The van der Waals surface area contributed by atoms with Gasteiger partial charge < -0.3 is 14.8 Å². The molecule has 1 aromatic carbocycles. The van der Waals surface area contributed by atoms with E-state index in [2.05, 4.69) is 5.32 Å². The number of hydrogen-bond donors (Lipinski definition) is 1. The molecule has 7 nitrogen and oxygen atoms in total. The van der Waals surface area contributed by atoms with Crippen LogP contribution < -0.4 is 5.32 Å². The lowest BCUT2D eigenvalue weighted by atomic mass is 10.0. The van der Waals surface area contributed by atoms with E-state index in [4.69, 9.17) is 9.47 Å². The van der Waals surface area contributed by atoms with E-state index in [0.717, 1.165) is 36.6 Å². The quantitative estimate of drug-likeness (QED) is 0.697. The number of nitrogens with zero attached hydrogens (tertiary/aromatic N) is 1. The number of carbonyl (C=O) groups excluding carboxylic acids is 3. The Bertz CT molecular complexity index is 951. The van der Waals surface area contributed by atoms with Crippen LogP contribution >= 0.6 is 0 Å². The number of fused-ring (bicyclic) bond motifs is 1. The van der Waals surface area contributed by atoms with Gasteiger partial charge in [-0.1, -0.05) is 31.0 Å². The Morgan fingerprint density at radius 1 is 1.16 bits per heavy atom. The van der Waals surface area contributed by atoms with Crippen LogP contribution in [0.1, 0.15) is 58.4 Å². The Kier molecular flexibility index (Phi) is 7.03. The Balaban J connectivity index is 1.83. The van der Waals surface area contributed by atoms with Crippen molar-refractivity contribution in [3.63, 3.8) is 0 Å². The van der Waals surface area contributed by atoms with Gasteiger partial charge in [0.2, 0.25) is 5.91 Å². The third-order valence-electron chi connectivity index (χ3n) is 5.58. The number of amides is 1. The van der Waals surface area contributed by atoms with Crippen molar-refractivity contribution in [1.82, 2.24) is 9.88 Å². The Morgan fingerprint density at radius 2 is 1.84 bits per heavy atom. The molecule has 0 unspecified atom stereocenters. The SMILES string of the molecule is COC(=O)[C@H](Cc1cn(C(=O)OC(C)(C)C)c2ccccc12)NC(=O)CC1CCCC1. The number of hydrogen-bond acceptors (Lipinski definition) is 5. The second-order valence-corrected chi connectivity index (χ2v) is 9.22. The normalized spacial score (nSPS) is 15.6. The molecule has 0 radical (unpaired) electrons. The smallest absolute Gasteiger partial charge is 0.419 e. The van der Waals surface area contributed by atoms with Crippen LogP contribution in [0, 0.1) is 5.92 Å². The molecule has 0 aliphatic heterocycles. The Morgan fingerprint density at radius 3 is 2.48 bits per heavy atom. The fourth-order valence-electron chi connectivity index (χ4n) is 4.16. The second kappa shape index (κ2) is 9.54.